The summed E-state index contributed by atoms with van der Waals surface area (Å²) < 4.78 is 14.1. The lowest BCUT2D eigenvalue weighted by Gasteiger charge is -2.34. The van der Waals surface area contributed by atoms with Crippen molar-refractivity contribution >= 4 is 40.4 Å². The van der Waals surface area contributed by atoms with Crippen LogP contribution in [0.25, 0.3) is 0 Å². The standard InChI is InChI=1S/C17H17ClFN5O3/c18-15-6-5-14(24(26)27)17(22-15)21-10-1-3-11(4-2-10)23-8-7-12(16(20)25)13(19)9-23/h1-6,12-13H,7-9H2,(H2,20,25)(H,21,22). The maximum atomic E-state index is 14.1. The molecule has 1 amide bonds. The highest BCUT2D eigenvalue weighted by Crippen LogP contribution is 2.30. The molecule has 3 N–H and O–H groups in total. The van der Waals surface area contributed by atoms with Crippen LogP contribution in [-0.4, -0.2) is 35.1 Å². The van der Waals surface area contributed by atoms with Gasteiger partial charge in [0.15, 0.2) is 0 Å². The third kappa shape index (κ3) is 4.25. The largest absolute Gasteiger partial charge is 0.369 e. The first-order valence-electron chi connectivity index (χ1n) is 8.21. The van der Waals surface area contributed by atoms with Crippen molar-refractivity contribution in [2.24, 2.45) is 11.7 Å². The van der Waals surface area contributed by atoms with Crippen LogP contribution in [0, 0.1) is 16.0 Å². The van der Waals surface area contributed by atoms with Gasteiger partial charge in [0, 0.05) is 30.5 Å². The minimum Gasteiger partial charge on any atom is -0.369 e. The van der Waals surface area contributed by atoms with Crippen molar-refractivity contribution in [3.8, 4) is 0 Å². The molecule has 0 spiro atoms. The molecule has 10 heteroatoms. The minimum absolute atomic E-state index is 0.0337. The summed E-state index contributed by atoms with van der Waals surface area (Å²) in [5.74, 6) is -1.33. The summed E-state index contributed by atoms with van der Waals surface area (Å²) in [6, 6.07) is 9.55. The molecule has 0 saturated carbocycles. The Morgan fingerprint density at radius 3 is 2.63 bits per heavy atom. The summed E-state index contributed by atoms with van der Waals surface area (Å²) in [7, 11) is 0. The molecule has 8 nitrogen and oxygen atoms in total. The number of nitro groups is 1. The summed E-state index contributed by atoms with van der Waals surface area (Å²) in [5, 5.41) is 14.1. The molecule has 2 atom stereocenters. The van der Waals surface area contributed by atoms with Crippen LogP contribution < -0.4 is 16.0 Å². The van der Waals surface area contributed by atoms with Crippen molar-refractivity contribution < 1.29 is 14.1 Å². The molecule has 0 bridgehead atoms. The van der Waals surface area contributed by atoms with Crippen LogP contribution in [0.2, 0.25) is 5.15 Å². The molecule has 2 heterocycles. The molecule has 1 aliphatic heterocycles. The number of piperidine rings is 1. The Kier molecular flexibility index (Phi) is 5.41. The zero-order chi connectivity index (χ0) is 19.6. The van der Waals surface area contributed by atoms with E-state index >= 15 is 0 Å². The summed E-state index contributed by atoms with van der Waals surface area (Å²) in [5.41, 5.74) is 6.36. The number of hydrogen-bond acceptors (Lipinski definition) is 6. The number of nitrogens with zero attached hydrogens (tertiary/aromatic N) is 3. The van der Waals surface area contributed by atoms with Gasteiger partial charge in [-0.3, -0.25) is 14.9 Å². The smallest absolute Gasteiger partial charge is 0.311 e. The molecule has 0 aliphatic carbocycles. The van der Waals surface area contributed by atoms with Gasteiger partial charge in [-0.2, -0.15) is 0 Å². The van der Waals surface area contributed by atoms with Gasteiger partial charge in [-0.05, 0) is 36.8 Å². The van der Waals surface area contributed by atoms with E-state index in [1.165, 1.54) is 12.1 Å². The first kappa shape index (κ1) is 18.8. The molecule has 0 radical (unpaired) electrons. The van der Waals surface area contributed by atoms with Crippen molar-refractivity contribution in [1.29, 1.82) is 0 Å². The van der Waals surface area contributed by atoms with Gasteiger partial charge in [0.2, 0.25) is 11.7 Å². The van der Waals surface area contributed by atoms with Gasteiger partial charge < -0.3 is 16.0 Å². The van der Waals surface area contributed by atoms with E-state index in [1.54, 1.807) is 24.3 Å². The van der Waals surface area contributed by atoms with Crippen molar-refractivity contribution in [1.82, 2.24) is 4.98 Å². The Morgan fingerprint density at radius 1 is 1.33 bits per heavy atom. The highest BCUT2D eigenvalue weighted by atomic mass is 35.5. The summed E-state index contributed by atoms with van der Waals surface area (Å²) in [6.07, 6.45) is -0.956. The fourth-order valence-corrected chi connectivity index (χ4v) is 3.17. The normalized spacial score (nSPS) is 19.6. The van der Waals surface area contributed by atoms with Crippen LogP contribution in [0.15, 0.2) is 36.4 Å². The van der Waals surface area contributed by atoms with Gasteiger partial charge in [-0.25, -0.2) is 9.37 Å². The molecular formula is C17H17ClFN5O3. The number of benzene rings is 1. The predicted octanol–water partition coefficient (Wildman–Crippen LogP) is 3.04. The quantitative estimate of drug-likeness (QED) is 0.458. The number of anilines is 3. The second-order valence-corrected chi connectivity index (χ2v) is 6.58. The topological polar surface area (TPSA) is 114 Å². The Hall–Kier alpha value is -2.94. The number of nitrogens with one attached hydrogen (secondary N) is 1. The molecule has 1 fully saturated rings. The number of pyridine rings is 1. The van der Waals surface area contributed by atoms with E-state index in [-0.39, 0.29) is 23.2 Å². The number of amides is 1. The van der Waals surface area contributed by atoms with Crippen molar-refractivity contribution in [2.75, 3.05) is 23.3 Å². The fraction of sp³-hybridized carbons (Fsp3) is 0.294. The monoisotopic (exact) mass is 393 g/mol. The van der Waals surface area contributed by atoms with Crippen molar-refractivity contribution in [3.63, 3.8) is 0 Å². The molecule has 1 aliphatic rings. The van der Waals surface area contributed by atoms with Crippen molar-refractivity contribution in [3.05, 3.63) is 51.7 Å². The van der Waals surface area contributed by atoms with Crippen LogP contribution >= 0.6 is 11.6 Å². The number of alkyl halides is 1. The number of primary amides is 1. The summed E-state index contributed by atoms with van der Waals surface area (Å²) >= 11 is 5.81. The summed E-state index contributed by atoms with van der Waals surface area (Å²) in [6.45, 7) is 0.601. The van der Waals surface area contributed by atoms with Gasteiger partial charge in [0.05, 0.1) is 10.8 Å². The van der Waals surface area contributed by atoms with E-state index in [9.17, 15) is 19.3 Å². The number of halogens is 2. The lowest BCUT2D eigenvalue weighted by molar-refractivity contribution is -0.384. The average Bonchev–Trinajstić information content (AvgIpc) is 2.61. The van der Waals surface area contributed by atoms with E-state index in [4.69, 9.17) is 17.3 Å². The second kappa shape index (κ2) is 7.75. The van der Waals surface area contributed by atoms with Gasteiger partial charge in [0.25, 0.3) is 0 Å². The molecule has 1 saturated heterocycles. The Balaban J connectivity index is 1.73. The van der Waals surface area contributed by atoms with Gasteiger partial charge in [-0.1, -0.05) is 11.6 Å². The second-order valence-electron chi connectivity index (χ2n) is 6.19. The van der Waals surface area contributed by atoms with Crippen molar-refractivity contribution in [2.45, 2.75) is 12.6 Å². The predicted molar refractivity (Wildman–Crippen MR) is 100 cm³/mol. The Labute approximate surface area is 159 Å². The van der Waals surface area contributed by atoms with Crippen LogP contribution in [0.4, 0.5) is 27.3 Å². The SMILES string of the molecule is NC(=O)C1CCN(c2ccc(Nc3nc(Cl)ccc3[N+](=O)[O-])cc2)CC1F. The number of aromatic nitrogens is 1. The molecule has 3 rings (SSSR count). The van der Waals surface area contributed by atoms with Gasteiger partial charge in [0.1, 0.15) is 11.3 Å². The molecule has 2 unspecified atom stereocenters. The lowest BCUT2D eigenvalue weighted by Crippen LogP contribution is -2.46. The van der Waals surface area contributed by atoms with E-state index in [0.29, 0.717) is 18.7 Å². The molecule has 1 aromatic heterocycles. The first-order chi connectivity index (χ1) is 12.8. The van der Waals surface area contributed by atoms with Crippen LogP contribution in [0.1, 0.15) is 6.42 Å². The molecule has 142 valence electrons. The lowest BCUT2D eigenvalue weighted by atomic mass is 9.94. The van der Waals surface area contributed by atoms with Crippen LogP contribution in [-0.2, 0) is 4.79 Å². The van der Waals surface area contributed by atoms with Gasteiger partial charge >= 0.3 is 5.69 Å². The first-order valence-corrected chi connectivity index (χ1v) is 8.59. The number of hydrogen-bond donors (Lipinski definition) is 2. The van der Waals surface area contributed by atoms with Gasteiger partial charge in [-0.15, -0.1) is 0 Å². The fourth-order valence-electron chi connectivity index (χ4n) is 3.02. The highest BCUT2D eigenvalue weighted by Gasteiger charge is 2.33. The summed E-state index contributed by atoms with van der Waals surface area (Å²) in [4.78, 5) is 27.5. The third-order valence-corrected chi connectivity index (χ3v) is 4.65. The van der Waals surface area contributed by atoms with Crippen LogP contribution in [0.3, 0.4) is 0 Å². The Bertz CT molecular complexity index is 864. The number of rotatable bonds is 5. The molecular weight excluding hydrogens is 377 g/mol. The zero-order valence-electron chi connectivity index (χ0n) is 14.1. The number of carbonyl (C=O) groups is 1. The van der Waals surface area contributed by atoms with E-state index in [2.05, 4.69) is 10.3 Å². The maximum Gasteiger partial charge on any atom is 0.311 e. The van der Waals surface area contributed by atoms with E-state index < -0.39 is 22.9 Å². The highest BCUT2D eigenvalue weighted by molar-refractivity contribution is 6.29. The van der Waals surface area contributed by atoms with E-state index in [0.717, 1.165) is 5.69 Å². The number of carbonyl (C=O) groups excluding carboxylic acids is 1. The van der Waals surface area contributed by atoms with E-state index in [1.807, 2.05) is 4.90 Å². The Morgan fingerprint density at radius 2 is 2.04 bits per heavy atom. The average molecular weight is 394 g/mol. The molecule has 1 aromatic carbocycles. The molecule has 2 aromatic rings. The van der Waals surface area contributed by atoms with Crippen LogP contribution in [0.5, 0.6) is 0 Å². The third-order valence-electron chi connectivity index (χ3n) is 4.44. The zero-order valence-corrected chi connectivity index (χ0v) is 14.9. The number of nitrogens with two attached hydrogens (primary N) is 1. The maximum absolute atomic E-state index is 14.1. The molecule has 27 heavy (non-hydrogen) atoms. The minimum atomic E-state index is -1.31.